The minimum absolute atomic E-state index is 0.159. The Hall–Kier alpha value is -2.10. The van der Waals surface area contributed by atoms with Crippen molar-refractivity contribution >= 4 is 11.6 Å². The summed E-state index contributed by atoms with van der Waals surface area (Å²) in [5.41, 5.74) is 1.52. The number of benzene rings is 1. The second-order valence-corrected chi connectivity index (χ2v) is 4.42. The fraction of sp³-hybridized carbons (Fsp3) is 0.286. The maximum Gasteiger partial charge on any atom is 0.295 e. The zero-order chi connectivity index (χ0) is 13.1. The number of carbonyl (C=O) groups is 1. The molecule has 0 aliphatic carbocycles. The fourth-order valence-electron chi connectivity index (χ4n) is 1.75. The summed E-state index contributed by atoms with van der Waals surface area (Å²) < 4.78 is 5.23. The van der Waals surface area contributed by atoms with Crippen molar-refractivity contribution in [2.75, 3.05) is 11.9 Å². The van der Waals surface area contributed by atoms with Crippen molar-refractivity contribution in [1.82, 2.24) is 4.98 Å². The Kier molecular flexibility index (Phi) is 3.46. The maximum atomic E-state index is 12.3. The molecule has 0 aliphatic rings. The van der Waals surface area contributed by atoms with E-state index in [1.807, 2.05) is 44.2 Å². The summed E-state index contributed by atoms with van der Waals surface area (Å²) in [4.78, 5) is 18.0. The van der Waals surface area contributed by atoms with Gasteiger partial charge in [0.2, 0.25) is 5.76 Å². The van der Waals surface area contributed by atoms with Crippen molar-refractivity contribution in [3.05, 3.63) is 48.2 Å². The molecule has 0 aliphatic heterocycles. The van der Waals surface area contributed by atoms with Gasteiger partial charge in [0.15, 0.2) is 6.39 Å². The number of hydrogen-bond acceptors (Lipinski definition) is 3. The van der Waals surface area contributed by atoms with Crippen molar-refractivity contribution < 1.29 is 9.21 Å². The van der Waals surface area contributed by atoms with E-state index in [9.17, 15) is 4.79 Å². The van der Waals surface area contributed by atoms with Crippen LogP contribution in [0, 0.1) is 0 Å². The van der Waals surface area contributed by atoms with Gasteiger partial charge in [0.05, 0.1) is 5.69 Å². The quantitative estimate of drug-likeness (QED) is 0.833. The predicted molar refractivity (Wildman–Crippen MR) is 69.8 cm³/mol. The third kappa shape index (κ3) is 2.27. The van der Waals surface area contributed by atoms with Crippen LogP contribution in [0.15, 0.2) is 41.1 Å². The normalized spacial score (nSPS) is 10.7. The third-order valence-corrected chi connectivity index (χ3v) is 2.78. The summed E-state index contributed by atoms with van der Waals surface area (Å²) in [5, 5.41) is 0. The summed E-state index contributed by atoms with van der Waals surface area (Å²) in [5.74, 6) is 0.297. The molecule has 0 atom stereocenters. The third-order valence-electron chi connectivity index (χ3n) is 2.78. The molecule has 0 saturated carbocycles. The van der Waals surface area contributed by atoms with Crippen LogP contribution in [0.5, 0.6) is 0 Å². The van der Waals surface area contributed by atoms with Gasteiger partial charge in [0.1, 0.15) is 0 Å². The monoisotopic (exact) mass is 244 g/mol. The molecule has 94 valence electrons. The van der Waals surface area contributed by atoms with E-state index >= 15 is 0 Å². The molecule has 4 nitrogen and oxygen atoms in total. The first kappa shape index (κ1) is 12.4. The molecule has 1 heterocycles. The SMILES string of the molecule is CC(C)c1ncoc1C(=O)N(C)c1ccccc1. The molecule has 0 bridgehead atoms. The molecule has 0 spiro atoms. The van der Waals surface area contributed by atoms with Gasteiger partial charge in [0.25, 0.3) is 5.91 Å². The van der Waals surface area contributed by atoms with Gasteiger partial charge in [-0.15, -0.1) is 0 Å². The van der Waals surface area contributed by atoms with E-state index in [1.165, 1.54) is 6.39 Å². The molecule has 0 N–H and O–H groups in total. The van der Waals surface area contributed by atoms with Gasteiger partial charge in [-0.1, -0.05) is 32.0 Å². The topological polar surface area (TPSA) is 46.3 Å². The molecule has 0 unspecified atom stereocenters. The van der Waals surface area contributed by atoms with Crippen LogP contribution in [0.2, 0.25) is 0 Å². The lowest BCUT2D eigenvalue weighted by Gasteiger charge is -2.16. The van der Waals surface area contributed by atoms with Gasteiger partial charge in [-0.25, -0.2) is 4.98 Å². The zero-order valence-corrected chi connectivity index (χ0v) is 10.8. The first-order valence-electron chi connectivity index (χ1n) is 5.87. The van der Waals surface area contributed by atoms with Crippen LogP contribution in [-0.2, 0) is 0 Å². The largest absolute Gasteiger partial charge is 0.438 e. The van der Waals surface area contributed by atoms with E-state index in [0.717, 1.165) is 5.69 Å². The van der Waals surface area contributed by atoms with E-state index in [-0.39, 0.29) is 11.8 Å². The predicted octanol–water partition coefficient (Wildman–Crippen LogP) is 3.07. The number of anilines is 1. The fourth-order valence-corrected chi connectivity index (χ4v) is 1.75. The number of para-hydroxylation sites is 1. The Labute approximate surface area is 106 Å². The highest BCUT2D eigenvalue weighted by Gasteiger charge is 2.23. The summed E-state index contributed by atoms with van der Waals surface area (Å²) in [6, 6.07) is 9.45. The highest BCUT2D eigenvalue weighted by molar-refractivity contribution is 6.04. The molecule has 2 aromatic rings. The van der Waals surface area contributed by atoms with Crippen LogP contribution in [-0.4, -0.2) is 17.9 Å². The van der Waals surface area contributed by atoms with Gasteiger partial charge in [-0.2, -0.15) is 0 Å². The first-order valence-corrected chi connectivity index (χ1v) is 5.87. The van der Waals surface area contributed by atoms with Gasteiger partial charge < -0.3 is 9.32 Å². The van der Waals surface area contributed by atoms with Crippen LogP contribution in [0.1, 0.15) is 36.0 Å². The minimum atomic E-state index is -0.178. The average Bonchev–Trinajstić information content (AvgIpc) is 2.87. The van der Waals surface area contributed by atoms with Crippen LogP contribution in [0.25, 0.3) is 0 Å². The number of oxazole rings is 1. The van der Waals surface area contributed by atoms with Crippen LogP contribution >= 0.6 is 0 Å². The number of hydrogen-bond donors (Lipinski definition) is 0. The summed E-state index contributed by atoms with van der Waals surface area (Å²) >= 11 is 0. The van der Waals surface area contributed by atoms with E-state index in [2.05, 4.69) is 4.98 Å². The molecule has 0 saturated heterocycles. The first-order chi connectivity index (χ1) is 8.61. The average molecular weight is 244 g/mol. The van der Waals surface area contributed by atoms with Crippen molar-refractivity contribution in [3.8, 4) is 0 Å². The molecule has 1 amide bonds. The van der Waals surface area contributed by atoms with Crippen molar-refractivity contribution in [1.29, 1.82) is 0 Å². The van der Waals surface area contributed by atoms with E-state index in [0.29, 0.717) is 11.5 Å². The lowest BCUT2D eigenvalue weighted by Crippen LogP contribution is -2.26. The number of nitrogens with zero attached hydrogens (tertiary/aromatic N) is 2. The van der Waals surface area contributed by atoms with E-state index in [1.54, 1.807) is 11.9 Å². The molecule has 0 radical (unpaired) electrons. The molecule has 2 rings (SSSR count). The summed E-state index contributed by atoms with van der Waals surface area (Å²) in [6.07, 6.45) is 1.32. The van der Waals surface area contributed by atoms with Gasteiger partial charge in [0, 0.05) is 12.7 Å². The Morgan fingerprint density at radius 3 is 2.56 bits per heavy atom. The van der Waals surface area contributed by atoms with Crippen LogP contribution < -0.4 is 4.90 Å². The number of carbonyl (C=O) groups excluding carboxylic acids is 1. The maximum absolute atomic E-state index is 12.3. The van der Waals surface area contributed by atoms with Gasteiger partial charge >= 0.3 is 0 Å². The van der Waals surface area contributed by atoms with Crippen molar-refractivity contribution in [3.63, 3.8) is 0 Å². The zero-order valence-electron chi connectivity index (χ0n) is 10.8. The standard InChI is InChI=1S/C14H16N2O2/c1-10(2)12-13(18-9-15-12)14(17)16(3)11-7-5-4-6-8-11/h4-10H,1-3H3. The molecule has 0 fully saturated rings. The number of rotatable bonds is 3. The molecular formula is C14H16N2O2. The van der Waals surface area contributed by atoms with Crippen molar-refractivity contribution in [2.45, 2.75) is 19.8 Å². The van der Waals surface area contributed by atoms with E-state index < -0.39 is 0 Å². The second kappa shape index (κ2) is 5.04. The molecule has 18 heavy (non-hydrogen) atoms. The molecule has 1 aromatic heterocycles. The number of aromatic nitrogens is 1. The van der Waals surface area contributed by atoms with Crippen LogP contribution in [0.4, 0.5) is 5.69 Å². The van der Waals surface area contributed by atoms with Gasteiger partial charge in [-0.05, 0) is 18.1 Å². The minimum Gasteiger partial charge on any atom is -0.438 e. The molecule has 1 aromatic carbocycles. The van der Waals surface area contributed by atoms with Gasteiger partial charge in [-0.3, -0.25) is 4.79 Å². The molecule has 4 heteroatoms. The Morgan fingerprint density at radius 1 is 1.28 bits per heavy atom. The Bertz CT molecular complexity index is 532. The van der Waals surface area contributed by atoms with Crippen LogP contribution in [0.3, 0.4) is 0 Å². The Balaban J connectivity index is 2.29. The smallest absolute Gasteiger partial charge is 0.295 e. The van der Waals surface area contributed by atoms with E-state index in [4.69, 9.17) is 4.42 Å². The second-order valence-electron chi connectivity index (χ2n) is 4.42. The lowest BCUT2D eigenvalue weighted by atomic mass is 10.1. The van der Waals surface area contributed by atoms with Crippen molar-refractivity contribution in [2.24, 2.45) is 0 Å². The Morgan fingerprint density at radius 2 is 1.94 bits per heavy atom. The highest BCUT2D eigenvalue weighted by atomic mass is 16.3. The summed E-state index contributed by atoms with van der Waals surface area (Å²) in [6.45, 7) is 3.97. The highest BCUT2D eigenvalue weighted by Crippen LogP contribution is 2.21. The molecular weight excluding hydrogens is 228 g/mol. The lowest BCUT2D eigenvalue weighted by molar-refractivity contribution is 0.0965. The number of amides is 1. The summed E-state index contributed by atoms with van der Waals surface area (Å²) in [7, 11) is 1.73.